The van der Waals surface area contributed by atoms with E-state index in [2.05, 4.69) is 11.8 Å². The molecule has 0 spiro atoms. The maximum absolute atomic E-state index is 11.1. The molecule has 0 unspecified atom stereocenters. The summed E-state index contributed by atoms with van der Waals surface area (Å²) in [6.45, 7) is 1.49. The third kappa shape index (κ3) is 3.58. The van der Waals surface area contributed by atoms with Gasteiger partial charge in [0.15, 0.2) is 5.78 Å². The lowest BCUT2D eigenvalue weighted by Crippen LogP contribution is -1.93. The average Bonchev–Trinajstić information content (AvgIpc) is 2.17. The quantitative estimate of drug-likeness (QED) is 0.439. The molecule has 0 heterocycles. The predicted molar refractivity (Wildman–Crippen MR) is 63.7 cm³/mol. The molecule has 78 valence electrons. The van der Waals surface area contributed by atoms with Gasteiger partial charge < -0.3 is 0 Å². The van der Waals surface area contributed by atoms with Crippen LogP contribution < -0.4 is 0 Å². The molecule has 0 saturated heterocycles. The first-order valence-electron chi connectivity index (χ1n) is 4.50. The number of hydrogen-bond acceptors (Lipinski definition) is 1. The fraction of sp³-hybridized carbons (Fsp3) is 0.250. The molecule has 1 rings (SSSR count). The summed E-state index contributed by atoms with van der Waals surface area (Å²) in [5, 5.41) is 0.445. The first-order chi connectivity index (χ1) is 7.15. The fourth-order valence-corrected chi connectivity index (χ4v) is 1.50. The highest BCUT2D eigenvalue weighted by atomic mass is 35.5. The van der Waals surface area contributed by atoms with E-state index in [1.54, 1.807) is 18.2 Å². The normalized spacial score (nSPS) is 9.27. The van der Waals surface area contributed by atoms with E-state index in [0.717, 1.165) is 5.56 Å². The van der Waals surface area contributed by atoms with Crippen molar-refractivity contribution in [2.24, 2.45) is 0 Å². The van der Waals surface area contributed by atoms with Gasteiger partial charge in [-0.3, -0.25) is 4.79 Å². The zero-order valence-corrected chi connectivity index (χ0v) is 9.82. The minimum absolute atomic E-state index is 0.0414. The van der Waals surface area contributed by atoms with Crippen molar-refractivity contribution in [2.75, 3.05) is 5.88 Å². The van der Waals surface area contributed by atoms with Gasteiger partial charge in [-0.15, -0.1) is 11.6 Å². The van der Waals surface area contributed by atoms with Gasteiger partial charge in [-0.05, 0) is 25.1 Å². The van der Waals surface area contributed by atoms with E-state index < -0.39 is 0 Å². The summed E-state index contributed by atoms with van der Waals surface area (Å²) >= 11 is 11.4. The van der Waals surface area contributed by atoms with Gasteiger partial charge in [0.2, 0.25) is 0 Å². The minimum Gasteiger partial charge on any atom is -0.294 e. The molecule has 0 aromatic heterocycles. The minimum atomic E-state index is -0.0414. The van der Waals surface area contributed by atoms with Gasteiger partial charge in [-0.1, -0.05) is 23.4 Å². The zero-order valence-electron chi connectivity index (χ0n) is 8.31. The molecular weight excluding hydrogens is 231 g/mol. The van der Waals surface area contributed by atoms with Gasteiger partial charge in [0.05, 0.1) is 5.02 Å². The van der Waals surface area contributed by atoms with Gasteiger partial charge in [0, 0.05) is 23.4 Å². The third-order valence-electron chi connectivity index (χ3n) is 1.80. The molecule has 0 fully saturated rings. The highest BCUT2D eigenvalue weighted by Gasteiger charge is 2.04. The topological polar surface area (TPSA) is 17.1 Å². The van der Waals surface area contributed by atoms with Crippen LogP contribution in [0.4, 0.5) is 0 Å². The molecule has 0 radical (unpaired) electrons. The Morgan fingerprint density at radius 1 is 1.47 bits per heavy atom. The van der Waals surface area contributed by atoms with Gasteiger partial charge >= 0.3 is 0 Å². The second kappa shape index (κ2) is 5.80. The maximum atomic E-state index is 11.1. The molecule has 1 aromatic carbocycles. The maximum Gasteiger partial charge on any atom is 0.161 e. The summed E-state index contributed by atoms with van der Waals surface area (Å²) in [6.07, 6.45) is 0.646. The van der Waals surface area contributed by atoms with Crippen molar-refractivity contribution in [3.05, 3.63) is 34.3 Å². The molecule has 0 aliphatic carbocycles. The summed E-state index contributed by atoms with van der Waals surface area (Å²) in [7, 11) is 0. The molecule has 0 aliphatic heterocycles. The van der Waals surface area contributed by atoms with Crippen LogP contribution >= 0.6 is 23.2 Å². The van der Waals surface area contributed by atoms with E-state index in [-0.39, 0.29) is 5.78 Å². The Bertz CT molecular complexity index is 427. The van der Waals surface area contributed by atoms with Crippen LogP contribution in [0.3, 0.4) is 0 Å². The summed E-state index contributed by atoms with van der Waals surface area (Å²) in [6, 6.07) is 5.17. The van der Waals surface area contributed by atoms with Crippen LogP contribution in [-0.4, -0.2) is 11.7 Å². The summed E-state index contributed by atoms with van der Waals surface area (Å²) < 4.78 is 0. The van der Waals surface area contributed by atoms with Crippen LogP contribution in [0.15, 0.2) is 18.2 Å². The Kier molecular flexibility index (Phi) is 4.68. The Morgan fingerprint density at radius 2 is 2.20 bits per heavy atom. The standard InChI is InChI=1S/C12H10Cl2O/c1-9(15)11-6-5-10(8-12(11)14)4-2-3-7-13/h5-6,8H,3,7H2,1H3. The van der Waals surface area contributed by atoms with Gasteiger partial charge in [0.25, 0.3) is 0 Å². The predicted octanol–water partition coefficient (Wildman–Crippen LogP) is 3.52. The molecule has 1 nitrogen and oxygen atoms in total. The molecular formula is C12H10Cl2O. The second-order valence-electron chi connectivity index (χ2n) is 2.99. The Hall–Kier alpha value is -0.970. The molecule has 0 amide bonds. The van der Waals surface area contributed by atoms with E-state index in [4.69, 9.17) is 23.2 Å². The third-order valence-corrected chi connectivity index (χ3v) is 2.30. The monoisotopic (exact) mass is 240 g/mol. The first kappa shape index (κ1) is 12.1. The second-order valence-corrected chi connectivity index (χ2v) is 3.78. The van der Waals surface area contributed by atoms with Crippen LogP contribution in [0, 0.1) is 11.8 Å². The number of halogens is 2. The van der Waals surface area contributed by atoms with Crippen LogP contribution in [0.2, 0.25) is 5.02 Å². The molecule has 0 N–H and O–H groups in total. The lowest BCUT2D eigenvalue weighted by molar-refractivity contribution is 0.101. The van der Waals surface area contributed by atoms with E-state index in [9.17, 15) is 4.79 Å². The lowest BCUT2D eigenvalue weighted by atomic mass is 10.1. The zero-order chi connectivity index (χ0) is 11.3. The van der Waals surface area contributed by atoms with Gasteiger partial charge in [-0.2, -0.15) is 0 Å². The van der Waals surface area contributed by atoms with Crippen LogP contribution in [0.5, 0.6) is 0 Å². The SMILES string of the molecule is CC(=O)c1ccc(C#CCCCl)cc1Cl. The smallest absolute Gasteiger partial charge is 0.161 e. The van der Waals surface area contributed by atoms with E-state index in [0.29, 0.717) is 22.9 Å². The number of rotatable bonds is 2. The lowest BCUT2D eigenvalue weighted by Gasteiger charge is -1.99. The van der Waals surface area contributed by atoms with Crippen LogP contribution in [0.25, 0.3) is 0 Å². The first-order valence-corrected chi connectivity index (χ1v) is 5.41. The number of carbonyl (C=O) groups is 1. The van der Waals surface area contributed by atoms with Gasteiger partial charge in [0.1, 0.15) is 0 Å². The number of carbonyl (C=O) groups excluding carboxylic acids is 1. The van der Waals surface area contributed by atoms with Crippen molar-refractivity contribution >= 4 is 29.0 Å². The number of ketones is 1. The van der Waals surface area contributed by atoms with E-state index in [1.807, 2.05) is 0 Å². The Labute approximate surface area is 99.4 Å². The molecule has 15 heavy (non-hydrogen) atoms. The van der Waals surface area contributed by atoms with Crippen molar-refractivity contribution in [1.29, 1.82) is 0 Å². The van der Waals surface area contributed by atoms with Crippen LogP contribution in [-0.2, 0) is 0 Å². The number of alkyl halides is 1. The highest BCUT2D eigenvalue weighted by Crippen LogP contribution is 2.17. The van der Waals surface area contributed by atoms with Crippen molar-refractivity contribution < 1.29 is 4.79 Å². The molecule has 0 aliphatic rings. The van der Waals surface area contributed by atoms with E-state index in [1.165, 1.54) is 6.92 Å². The van der Waals surface area contributed by atoms with Crippen LogP contribution in [0.1, 0.15) is 29.3 Å². The summed E-state index contributed by atoms with van der Waals surface area (Å²) in [5.74, 6) is 6.30. The highest BCUT2D eigenvalue weighted by molar-refractivity contribution is 6.34. The number of Topliss-reactive ketones (excluding diaryl/α,β-unsaturated/α-hetero) is 1. The molecule has 0 atom stereocenters. The summed E-state index contributed by atoms with van der Waals surface area (Å²) in [5.41, 5.74) is 1.33. The van der Waals surface area contributed by atoms with Crippen molar-refractivity contribution in [2.45, 2.75) is 13.3 Å². The number of benzene rings is 1. The van der Waals surface area contributed by atoms with Crippen molar-refractivity contribution in [1.82, 2.24) is 0 Å². The fourth-order valence-electron chi connectivity index (χ4n) is 1.09. The Balaban J connectivity index is 2.93. The number of hydrogen-bond donors (Lipinski definition) is 0. The van der Waals surface area contributed by atoms with Crippen molar-refractivity contribution in [3.8, 4) is 11.8 Å². The Morgan fingerprint density at radius 3 is 2.73 bits per heavy atom. The largest absolute Gasteiger partial charge is 0.294 e. The van der Waals surface area contributed by atoms with E-state index >= 15 is 0 Å². The average molecular weight is 241 g/mol. The molecule has 3 heteroatoms. The van der Waals surface area contributed by atoms with Gasteiger partial charge in [-0.25, -0.2) is 0 Å². The summed E-state index contributed by atoms with van der Waals surface area (Å²) in [4.78, 5) is 11.1. The molecule has 1 aromatic rings. The molecule has 0 saturated carbocycles. The van der Waals surface area contributed by atoms with Crippen molar-refractivity contribution in [3.63, 3.8) is 0 Å². The molecule has 0 bridgehead atoms.